The van der Waals surface area contributed by atoms with E-state index in [9.17, 15) is 14.7 Å². The SMILES string of the molecule is CN1CCN(C(=O)c2ccc(-c3cc(O)c4c(=O)cc(-c5ccccc5)oc4c3)cc2)CC1. The van der Waals surface area contributed by atoms with E-state index in [1.807, 2.05) is 47.4 Å². The molecule has 33 heavy (non-hydrogen) atoms. The first-order valence-corrected chi connectivity index (χ1v) is 10.9. The summed E-state index contributed by atoms with van der Waals surface area (Å²) in [7, 11) is 2.06. The summed E-state index contributed by atoms with van der Waals surface area (Å²) in [6.07, 6.45) is 0. The van der Waals surface area contributed by atoms with Crippen LogP contribution in [-0.2, 0) is 0 Å². The van der Waals surface area contributed by atoms with Crippen molar-refractivity contribution >= 4 is 16.9 Å². The Labute approximate surface area is 191 Å². The molecule has 1 fully saturated rings. The third-order valence-corrected chi connectivity index (χ3v) is 6.12. The van der Waals surface area contributed by atoms with Gasteiger partial charge in [-0.3, -0.25) is 9.59 Å². The molecule has 6 nitrogen and oxygen atoms in total. The third kappa shape index (κ3) is 4.13. The van der Waals surface area contributed by atoms with Crippen molar-refractivity contribution in [3.63, 3.8) is 0 Å². The molecule has 1 aliphatic rings. The predicted molar refractivity (Wildman–Crippen MR) is 128 cm³/mol. The van der Waals surface area contributed by atoms with E-state index in [1.54, 1.807) is 24.3 Å². The molecule has 0 unspecified atom stereocenters. The molecule has 0 spiro atoms. The molecule has 166 valence electrons. The van der Waals surface area contributed by atoms with Crippen LogP contribution in [0.15, 0.2) is 82.0 Å². The number of amides is 1. The predicted octanol–water partition coefficient (Wildman–Crippen LogP) is 4.22. The number of carbonyl (C=O) groups is 1. The second-order valence-corrected chi connectivity index (χ2v) is 8.38. The van der Waals surface area contributed by atoms with E-state index in [-0.39, 0.29) is 22.5 Å². The maximum Gasteiger partial charge on any atom is 0.253 e. The molecule has 3 aromatic carbocycles. The van der Waals surface area contributed by atoms with Crippen LogP contribution in [0, 0.1) is 0 Å². The molecule has 1 N–H and O–H groups in total. The molecule has 1 saturated heterocycles. The van der Waals surface area contributed by atoms with Gasteiger partial charge in [-0.25, -0.2) is 0 Å². The minimum Gasteiger partial charge on any atom is -0.507 e. The van der Waals surface area contributed by atoms with Crippen LogP contribution >= 0.6 is 0 Å². The molecule has 0 bridgehead atoms. The number of hydrogen-bond acceptors (Lipinski definition) is 5. The van der Waals surface area contributed by atoms with Crippen molar-refractivity contribution in [2.45, 2.75) is 0 Å². The van der Waals surface area contributed by atoms with Gasteiger partial charge in [0.15, 0.2) is 5.43 Å². The number of aromatic hydroxyl groups is 1. The van der Waals surface area contributed by atoms with Crippen LogP contribution in [0.4, 0.5) is 0 Å². The molecular formula is C27H24N2O4. The van der Waals surface area contributed by atoms with Crippen LogP contribution in [0.5, 0.6) is 5.75 Å². The van der Waals surface area contributed by atoms with Crippen LogP contribution in [0.1, 0.15) is 10.4 Å². The second-order valence-electron chi connectivity index (χ2n) is 8.38. The molecule has 6 heteroatoms. The minimum atomic E-state index is -0.299. The molecule has 1 aliphatic heterocycles. The zero-order valence-corrected chi connectivity index (χ0v) is 18.3. The molecule has 1 aromatic heterocycles. The number of nitrogens with zero attached hydrogens (tertiary/aromatic N) is 2. The van der Waals surface area contributed by atoms with E-state index < -0.39 is 0 Å². The number of rotatable bonds is 3. The number of fused-ring (bicyclic) bond motifs is 1. The summed E-state index contributed by atoms with van der Waals surface area (Å²) in [4.78, 5) is 29.6. The quantitative estimate of drug-likeness (QED) is 0.516. The molecule has 1 amide bonds. The summed E-state index contributed by atoms with van der Waals surface area (Å²) in [6, 6.07) is 21.4. The van der Waals surface area contributed by atoms with Crippen LogP contribution in [-0.4, -0.2) is 54.0 Å². The van der Waals surface area contributed by atoms with Crippen molar-refractivity contribution in [2.24, 2.45) is 0 Å². The Kier molecular flexibility index (Phi) is 5.44. The van der Waals surface area contributed by atoms with Gasteiger partial charge in [0, 0.05) is 43.4 Å². The van der Waals surface area contributed by atoms with E-state index in [0.717, 1.165) is 37.3 Å². The van der Waals surface area contributed by atoms with Crippen LogP contribution in [0.25, 0.3) is 33.4 Å². The number of likely N-dealkylation sites (N-methyl/N-ethyl adjacent to an activating group) is 1. The Morgan fingerprint density at radius 2 is 1.55 bits per heavy atom. The molecule has 0 radical (unpaired) electrons. The monoisotopic (exact) mass is 440 g/mol. The van der Waals surface area contributed by atoms with Gasteiger partial charge in [-0.2, -0.15) is 0 Å². The van der Waals surface area contributed by atoms with Gasteiger partial charge in [-0.1, -0.05) is 42.5 Å². The Morgan fingerprint density at radius 1 is 0.848 bits per heavy atom. The molecule has 0 atom stereocenters. The van der Waals surface area contributed by atoms with Crippen molar-refractivity contribution in [3.05, 3.63) is 88.6 Å². The fraction of sp³-hybridized carbons (Fsp3) is 0.185. The number of phenolic OH excluding ortho intramolecular Hbond substituents is 1. The van der Waals surface area contributed by atoms with Crippen LogP contribution in [0.2, 0.25) is 0 Å². The number of hydrogen-bond donors (Lipinski definition) is 1. The molecule has 5 rings (SSSR count). The van der Waals surface area contributed by atoms with E-state index in [4.69, 9.17) is 4.42 Å². The largest absolute Gasteiger partial charge is 0.507 e. The number of carbonyl (C=O) groups excluding carboxylic acids is 1. The number of benzene rings is 3. The molecule has 2 heterocycles. The van der Waals surface area contributed by atoms with Gasteiger partial charge >= 0.3 is 0 Å². The summed E-state index contributed by atoms with van der Waals surface area (Å²) in [6.45, 7) is 3.18. The maximum absolute atomic E-state index is 12.8. The van der Waals surface area contributed by atoms with Crippen molar-refractivity contribution in [1.29, 1.82) is 0 Å². The van der Waals surface area contributed by atoms with E-state index >= 15 is 0 Å². The van der Waals surface area contributed by atoms with Gasteiger partial charge in [0.05, 0.1) is 0 Å². The summed E-state index contributed by atoms with van der Waals surface area (Å²) >= 11 is 0. The Bertz CT molecular complexity index is 1370. The highest BCUT2D eigenvalue weighted by molar-refractivity contribution is 5.95. The first kappa shape index (κ1) is 21.0. The molecule has 0 aliphatic carbocycles. The highest BCUT2D eigenvalue weighted by Crippen LogP contribution is 2.32. The van der Waals surface area contributed by atoms with Gasteiger partial charge in [-0.15, -0.1) is 0 Å². The normalized spacial score (nSPS) is 14.5. The summed E-state index contributed by atoms with van der Waals surface area (Å²) in [5, 5.41) is 10.7. The van der Waals surface area contributed by atoms with Gasteiger partial charge in [0.1, 0.15) is 22.5 Å². The van der Waals surface area contributed by atoms with Gasteiger partial charge in [0.25, 0.3) is 5.91 Å². The van der Waals surface area contributed by atoms with Crippen LogP contribution in [0.3, 0.4) is 0 Å². The van der Waals surface area contributed by atoms with Gasteiger partial charge < -0.3 is 19.3 Å². The highest BCUT2D eigenvalue weighted by atomic mass is 16.3. The summed E-state index contributed by atoms with van der Waals surface area (Å²) < 4.78 is 6.00. The standard InChI is InChI=1S/C27H24N2O4/c1-28-11-13-29(14-12-28)27(32)20-9-7-18(8-10-20)21-15-22(30)26-23(31)17-24(33-25(26)16-21)19-5-3-2-4-6-19/h2-10,15-17,30H,11-14H2,1H3. The lowest BCUT2D eigenvalue weighted by Gasteiger charge is -2.32. The number of phenols is 1. The average molecular weight is 440 g/mol. The first-order chi connectivity index (χ1) is 16.0. The summed E-state index contributed by atoms with van der Waals surface area (Å²) in [5.74, 6) is 0.334. The van der Waals surface area contributed by atoms with E-state index in [2.05, 4.69) is 11.9 Å². The Balaban J connectivity index is 1.48. The number of piperazine rings is 1. The van der Waals surface area contributed by atoms with Crippen LogP contribution < -0.4 is 5.43 Å². The lowest BCUT2D eigenvalue weighted by Crippen LogP contribution is -2.47. The fourth-order valence-corrected chi connectivity index (χ4v) is 4.18. The van der Waals surface area contributed by atoms with Gasteiger partial charge in [-0.05, 0) is 42.4 Å². The summed E-state index contributed by atoms with van der Waals surface area (Å²) in [5.41, 5.74) is 2.95. The first-order valence-electron chi connectivity index (χ1n) is 10.9. The second kappa shape index (κ2) is 8.56. The minimum absolute atomic E-state index is 0.0227. The third-order valence-electron chi connectivity index (χ3n) is 6.12. The maximum atomic E-state index is 12.8. The highest BCUT2D eigenvalue weighted by Gasteiger charge is 2.20. The molecular weight excluding hydrogens is 416 g/mol. The Hall–Kier alpha value is -3.90. The van der Waals surface area contributed by atoms with Crippen molar-refractivity contribution in [3.8, 4) is 28.2 Å². The van der Waals surface area contributed by atoms with E-state index in [1.165, 1.54) is 6.07 Å². The van der Waals surface area contributed by atoms with Crippen molar-refractivity contribution in [2.75, 3.05) is 33.2 Å². The zero-order chi connectivity index (χ0) is 22.9. The average Bonchev–Trinajstić information content (AvgIpc) is 2.84. The Morgan fingerprint density at radius 3 is 2.24 bits per heavy atom. The zero-order valence-electron chi connectivity index (χ0n) is 18.3. The fourth-order valence-electron chi connectivity index (χ4n) is 4.18. The molecule has 4 aromatic rings. The van der Waals surface area contributed by atoms with Crippen molar-refractivity contribution < 1.29 is 14.3 Å². The van der Waals surface area contributed by atoms with E-state index in [0.29, 0.717) is 22.5 Å². The topological polar surface area (TPSA) is 74.0 Å². The molecule has 0 saturated carbocycles. The van der Waals surface area contributed by atoms with Crippen molar-refractivity contribution in [1.82, 2.24) is 9.80 Å². The smallest absolute Gasteiger partial charge is 0.253 e. The lowest BCUT2D eigenvalue weighted by atomic mass is 10.0. The lowest BCUT2D eigenvalue weighted by molar-refractivity contribution is 0.0664. The van der Waals surface area contributed by atoms with Gasteiger partial charge in [0.2, 0.25) is 0 Å².